The average molecular weight is 430 g/mol. The molecule has 0 atom stereocenters. The van der Waals surface area contributed by atoms with Gasteiger partial charge in [-0.05, 0) is 31.2 Å². The Kier molecular flexibility index (Phi) is 8.01. The van der Waals surface area contributed by atoms with Crippen molar-refractivity contribution in [3.63, 3.8) is 0 Å². The van der Waals surface area contributed by atoms with E-state index >= 15 is 0 Å². The summed E-state index contributed by atoms with van der Waals surface area (Å²) in [5.41, 5.74) is 0. The first-order valence-corrected chi connectivity index (χ1v) is 9.66. The molecular weight excluding hydrogens is 411 g/mol. The highest BCUT2D eigenvalue weighted by atomic mass is 79.9. The first kappa shape index (κ1) is 20.8. The number of guanidine groups is 1. The molecule has 0 aliphatic heterocycles. The summed E-state index contributed by atoms with van der Waals surface area (Å²) in [6.45, 7) is 1.84. The van der Waals surface area contributed by atoms with Crippen LogP contribution >= 0.6 is 15.9 Å². The van der Waals surface area contributed by atoms with Crippen LogP contribution in [0.1, 0.15) is 13.3 Å². The Morgan fingerprint density at radius 2 is 1.83 bits per heavy atom. The number of aliphatic imine (C=N–C) groups is 1. The van der Waals surface area contributed by atoms with Gasteiger partial charge in [0.05, 0.1) is 23.6 Å². The van der Waals surface area contributed by atoms with Crippen LogP contribution in [-0.4, -0.2) is 45.9 Å². The summed E-state index contributed by atoms with van der Waals surface area (Å²) < 4.78 is 61.5. The van der Waals surface area contributed by atoms with Crippen molar-refractivity contribution >= 4 is 31.7 Å². The number of alkyl halides is 3. The third kappa shape index (κ3) is 8.00. The van der Waals surface area contributed by atoms with Crippen LogP contribution in [0.25, 0.3) is 0 Å². The standard InChI is InChI=1S/C14H19BrF3N3O2S/c1-2-19-13(20-8-7-14(16,17)18)21-9-10-24(22,23)12-5-3-11(15)4-6-12/h3-6H,2,7-10H2,1H3,(H2,19,20,21). The van der Waals surface area contributed by atoms with Crippen molar-refractivity contribution in [2.24, 2.45) is 4.99 Å². The van der Waals surface area contributed by atoms with E-state index in [9.17, 15) is 21.6 Å². The Balaban J connectivity index is 2.57. The minimum Gasteiger partial charge on any atom is -0.357 e. The molecule has 136 valence electrons. The molecule has 0 unspecified atom stereocenters. The van der Waals surface area contributed by atoms with Gasteiger partial charge < -0.3 is 10.6 Å². The number of hydrogen-bond donors (Lipinski definition) is 2. The molecule has 0 radical (unpaired) electrons. The third-order valence-electron chi connectivity index (χ3n) is 2.85. The van der Waals surface area contributed by atoms with Gasteiger partial charge in [-0.25, -0.2) is 8.42 Å². The van der Waals surface area contributed by atoms with E-state index in [1.54, 1.807) is 19.1 Å². The number of benzene rings is 1. The zero-order chi connectivity index (χ0) is 18.2. The molecule has 0 fully saturated rings. The molecule has 2 N–H and O–H groups in total. The lowest BCUT2D eigenvalue weighted by atomic mass is 10.4. The molecule has 10 heteroatoms. The monoisotopic (exact) mass is 429 g/mol. The molecule has 5 nitrogen and oxygen atoms in total. The minimum absolute atomic E-state index is 0.0379. The van der Waals surface area contributed by atoms with Crippen molar-refractivity contribution in [1.29, 1.82) is 0 Å². The first-order chi connectivity index (χ1) is 11.1. The molecule has 24 heavy (non-hydrogen) atoms. The first-order valence-electron chi connectivity index (χ1n) is 7.21. The SMILES string of the molecule is CCNC(=NCCC(F)(F)F)NCCS(=O)(=O)c1ccc(Br)cc1. The predicted molar refractivity (Wildman–Crippen MR) is 90.8 cm³/mol. The van der Waals surface area contributed by atoms with E-state index < -0.39 is 29.0 Å². The fourth-order valence-electron chi connectivity index (χ4n) is 1.70. The van der Waals surface area contributed by atoms with Gasteiger partial charge in [0.15, 0.2) is 15.8 Å². The molecule has 0 saturated heterocycles. The zero-order valence-electron chi connectivity index (χ0n) is 13.0. The van der Waals surface area contributed by atoms with E-state index in [4.69, 9.17) is 0 Å². The van der Waals surface area contributed by atoms with Gasteiger partial charge in [0.2, 0.25) is 0 Å². The van der Waals surface area contributed by atoms with Gasteiger partial charge in [-0.2, -0.15) is 13.2 Å². The number of nitrogens with one attached hydrogen (secondary N) is 2. The highest BCUT2D eigenvalue weighted by Gasteiger charge is 2.26. The molecule has 0 aliphatic carbocycles. The van der Waals surface area contributed by atoms with Crippen molar-refractivity contribution in [1.82, 2.24) is 10.6 Å². The maximum Gasteiger partial charge on any atom is 0.390 e. The van der Waals surface area contributed by atoms with Gasteiger partial charge >= 0.3 is 6.18 Å². The van der Waals surface area contributed by atoms with Crippen LogP contribution in [0.15, 0.2) is 38.6 Å². The van der Waals surface area contributed by atoms with Crippen LogP contribution in [0.4, 0.5) is 13.2 Å². The molecule has 1 rings (SSSR count). The lowest BCUT2D eigenvalue weighted by Gasteiger charge is -2.12. The Morgan fingerprint density at radius 1 is 1.21 bits per heavy atom. The number of halogens is 4. The van der Waals surface area contributed by atoms with Gasteiger partial charge in [0, 0.05) is 17.6 Å². The lowest BCUT2D eigenvalue weighted by molar-refractivity contribution is -0.132. The number of hydrogen-bond acceptors (Lipinski definition) is 3. The molecule has 1 aromatic carbocycles. The van der Waals surface area contributed by atoms with Crippen LogP contribution in [-0.2, 0) is 9.84 Å². The average Bonchev–Trinajstić information content (AvgIpc) is 2.46. The van der Waals surface area contributed by atoms with E-state index in [1.807, 2.05) is 0 Å². The van der Waals surface area contributed by atoms with E-state index in [0.29, 0.717) is 6.54 Å². The summed E-state index contributed by atoms with van der Waals surface area (Å²) in [6, 6.07) is 6.23. The third-order valence-corrected chi connectivity index (χ3v) is 5.11. The fraction of sp³-hybridized carbons (Fsp3) is 0.500. The summed E-state index contributed by atoms with van der Waals surface area (Å²) in [5.74, 6) is -0.0362. The zero-order valence-corrected chi connectivity index (χ0v) is 15.4. The summed E-state index contributed by atoms with van der Waals surface area (Å²) in [4.78, 5) is 3.96. The highest BCUT2D eigenvalue weighted by molar-refractivity contribution is 9.10. The fourth-order valence-corrected chi connectivity index (χ4v) is 3.12. The van der Waals surface area contributed by atoms with Crippen LogP contribution in [0.2, 0.25) is 0 Å². The van der Waals surface area contributed by atoms with Crippen molar-refractivity contribution in [2.45, 2.75) is 24.4 Å². The predicted octanol–water partition coefficient (Wildman–Crippen LogP) is 2.73. The number of rotatable bonds is 7. The second-order valence-corrected chi connectivity index (χ2v) is 7.85. The highest BCUT2D eigenvalue weighted by Crippen LogP contribution is 2.19. The molecule has 0 spiro atoms. The number of nitrogens with zero attached hydrogens (tertiary/aromatic N) is 1. The smallest absolute Gasteiger partial charge is 0.357 e. The van der Waals surface area contributed by atoms with E-state index in [1.165, 1.54) is 12.1 Å². The second kappa shape index (κ2) is 9.26. The van der Waals surface area contributed by atoms with E-state index in [0.717, 1.165) is 4.47 Å². The van der Waals surface area contributed by atoms with Gasteiger partial charge in [0.1, 0.15) is 0 Å². The maximum atomic E-state index is 12.2. The van der Waals surface area contributed by atoms with Crippen LogP contribution in [0.5, 0.6) is 0 Å². The topological polar surface area (TPSA) is 70.6 Å². The summed E-state index contributed by atoms with van der Waals surface area (Å²) in [6.07, 6.45) is -5.30. The largest absolute Gasteiger partial charge is 0.390 e. The Labute approximate surface area is 147 Å². The van der Waals surface area contributed by atoms with Crippen LogP contribution in [0.3, 0.4) is 0 Å². The summed E-state index contributed by atoms with van der Waals surface area (Å²) in [5, 5.41) is 5.50. The lowest BCUT2D eigenvalue weighted by Crippen LogP contribution is -2.39. The van der Waals surface area contributed by atoms with Gasteiger partial charge in [-0.1, -0.05) is 15.9 Å². The second-order valence-electron chi connectivity index (χ2n) is 4.83. The van der Waals surface area contributed by atoms with Gasteiger partial charge in [0.25, 0.3) is 0 Å². The molecule has 0 aliphatic rings. The maximum absolute atomic E-state index is 12.2. The Morgan fingerprint density at radius 3 is 2.38 bits per heavy atom. The van der Waals surface area contributed by atoms with Gasteiger partial charge in [-0.15, -0.1) is 0 Å². The minimum atomic E-state index is -4.27. The van der Waals surface area contributed by atoms with Gasteiger partial charge in [-0.3, -0.25) is 4.99 Å². The Hall–Kier alpha value is -1.29. The van der Waals surface area contributed by atoms with Crippen molar-refractivity contribution in [3.8, 4) is 0 Å². The van der Waals surface area contributed by atoms with Crippen LogP contribution < -0.4 is 10.6 Å². The molecule has 0 saturated carbocycles. The van der Waals surface area contributed by atoms with Crippen molar-refractivity contribution in [2.75, 3.05) is 25.4 Å². The molecule has 0 heterocycles. The van der Waals surface area contributed by atoms with E-state index in [-0.39, 0.29) is 23.2 Å². The Bertz CT molecular complexity index is 646. The normalized spacial score (nSPS) is 13.0. The van der Waals surface area contributed by atoms with Crippen LogP contribution in [0, 0.1) is 0 Å². The summed E-state index contributed by atoms with van der Waals surface area (Å²) in [7, 11) is -3.48. The molecule has 0 aromatic heterocycles. The number of sulfone groups is 1. The molecule has 1 aromatic rings. The van der Waals surface area contributed by atoms with E-state index in [2.05, 4.69) is 31.6 Å². The van der Waals surface area contributed by atoms with Crippen molar-refractivity contribution < 1.29 is 21.6 Å². The summed E-state index contributed by atoms with van der Waals surface area (Å²) >= 11 is 3.23. The quantitative estimate of drug-likeness (QED) is 0.516. The molecule has 0 bridgehead atoms. The molecular formula is C14H19BrF3N3O2S. The molecule has 0 amide bonds. The van der Waals surface area contributed by atoms with Crippen molar-refractivity contribution in [3.05, 3.63) is 28.7 Å².